The number of carbonyl (C=O) groups is 2. The summed E-state index contributed by atoms with van der Waals surface area (Å²) in [6.45, 7) is 1.72. The van der Waals surface area contributed by atoms with Crippen LogP contribution in [-0.2, 0) is 11.2 Å². The number of hydrogen-bond acceptors (Lipinski definition) is 5. The van der Waals surface area contributed by atoms with Crippen LogP contribution in [0.2, 0.25) is 0 Å². The maximum atomic E-state index is 12.0. The number of carbonyl (C=O) groups excluding carboxylic acids is 2. The van der Waals surface area contributed by atoms with Gasteiger partial charge in [0.25, 0.3) is 5.91 Å². The van der Waals surface area contributed by atoms with Gasteiger partial charge in [-0.3, -0.25) is 9.59 Å². The van der Waals surface area contributed by atoms with Crippen LogP contribution in [0.5, 0.6) is 17.2 Å². The molecular weight excluding hydrogens is 334 g/mol. The predicted octanol–water partition coefficient (Wildman–Crippen LogP) is 2.64. The van der Waals surface area contributed by atoms with Crippen LogP contribution in [0.4, 0.5) is 0 Å². The number of benzene rings is 2. The molecule has 2 aromatic carbocycles. The van der Waals surface area contributed by atoms with E-state index >= 15 is 0 Å². The van der Waals surface area contributed by atoms with Crippen molar-refractivity contribution in [1.82, 2.24) is 5.32 Å². The van der Waals surface area contributed by atoms with E-state index in [1.165, 1.54) is 14.0 Å². The fraction of sp³-hybridized carbons (Fsp3) is 0.300. The summed E-state index contributed by atoms with van der Waals surface area (Å²) >= 11 is 0. The van der Waals surface area contributed by atoms with Crippen LogP contribution in [0.3, 0.4) is 0 Å². The molecule has 0 fully saturated rings. The van der Waals surface area contributed by atoms with Gasteiger partial charge < -0.3 is 19.5 Å². The molecule has 0 aliphatic rings. The van der Waals surface area contributed by atoms with Gasteiger partial charge >= 0.3 is 0 Å². The molecule has 0 aromatic heterocycles. The minimum absolute atomic E-state index is 0.140. The molecule has 138 valence electrons. The zero-order valence-electron chi connectivity index (χ0n) is 15.2. The van der Waals surface area contributed by atoms with Crippen molar-refractivity contribution < 1.29 is 23.8 Å². The molecule has 2 aromatic rings. The third-order valence-corrected chi connectivity index (χ3v) is 3.84. The normalized spacial score (nSPS) is 10.1. The van der Waals surface area contributed by atoms with Crippen LogP contribution in [0, 0.1) is 0 Å². The summed E-state index contributed by atoms with van der Waals surface area (Å²) in [6.07, 6.45) is 0.646. The fourth-order valence-corrected chi connectivity index (χ4v) is 2.48. The highest BCUT2D eigenvalue weighted by Crippen LogP contribution is 2.25. The molecule has 0 atom stereocenters. The van der Waals surface area contributed by atoms with Crippen LogP contribution in [-0.4, -0.2) is 39.1 Å². The molecule has 2 rings (SSSR count). The highest BCUT2D eigenvalue weighted by Gasteiger charge is 2.12. The van der Waals surface area contributed by atoms with Crippen molar-refractivity contribution in [1.29, 1.82) is 0 Å². The molecule has 0 aliphatic carbocycles. The first kappa shape index (κ1) is 19.3. The molecule has 0 bridgehead atoms. The summed E-state index contributed by atoms with van der Waals surface area (Å²) in [4.78, 5) is 23.7. The van der Waals surface area contributed by atoms with Crippen LogP contribution < -0.4 is 19.5 Å². The van der Waals surface area contributed by atoms with Gasteiger partial charge in [0.2, 0.25) is 0 Å². The average molecular weight is 357 g/mol. The largest absolute Gasteiger partial charge is 0.497 e. The molecule has 6 nitrogen and oxygen atoms in total. The number of para-hydroxylation sites is 1. The summed E-state index contributed by atoms with van der Waals surface area (Å²) in [5.74, 6) is 1.27. The van der Waals surface area contributed by atoms with Gasteiger partial charge in [-0.2, -0.15) is 0 Å². The van der Waals surface area contributed by atoms with E-state index in [-0.39, 0.29) is 18.3 Å². The summed E-state index contributed by atoms with van der Waals surface area (Å²) in [5, 5.41) is 2.79. The van der Waals surface area contributed by atoms with E-state index in [0.29, 0.717) is 30.0 Å². The Labute approximate surface area is 153 Å². The lowest BCUT2D eigenvalue weighted by Crippen LogP contribution is -2.30. The Morgan fingerprint density at radius 1 is 1.00 bits per heavy atom. The Balaban J connectivity index is 1.88. The number of amides is 1. The van der Waals surface area contributed by atoms with E-state index in [2.05, 4.69) is 5.32 Å². The highest BCUT2D eigenvalue weighted by molar-refractivity contribution is 5.97. The van der Waals surface area contributed by atoms with Crippen molar-refractivity contribution in [2.45, 2.75) is 13.3 Å². The number of Topliss-reactive ketones (excluding diaryl/α,β-unsaturated/α-hetero) is 1. The van der Waals surface area contributed by atoms with Crippen LogP contribution in [0.25, 0.3) is 0 Å². The van der Waals surface area contributed by atoms with E-state index < -0.39 is 0 Å². The molecule has 0 spiro atoms. The fourth-order valence-electron chi connectivity index (χ4n) is 2.48. The average Bonchev–Trinajstić information content (AvgIpc) is 2.66. The van der Waals surface area contributed by atoms with Crippen molar-refractivity contribution in [3.05, 3.63) is 53.6 Å². The standard InChI is InChI=1S/C20H23NO5/c1-14(22)17-9-8-16(24-2)12-19(17)26-13-20(23)21-11-10-15-6-4-5-7-18(15)25-3/h4-9,12H,10-11,13H2,1-3H3,(H,21,23). The summed E-state index contributed by atoms with van der Waals surface area (Å²) in [5.41, 5.74) is 1.43. The molecule has 0 saturated heterocycles. The maximum Gasteiger partial charge on any atom is 0.257 e. The Kier molecular flexibility index (Phi) is 7.02. The molecule has 26 heavy (non-hydrogen) atoms. The van der Waals surface area contributed by atoms with Crippen LogP contribution in [0.1, 0.15) is 22.8 Å². The molecule has 0 unspecified atom stereocenters. The number of rotatable bonds is 9. The van der Waals surface area contributed by atoms with Gasteiger partial charge in [0.15, 0.2) is 12.4 Å². The Bertz CT molecular complexity index is 773. The lowest BCUT2D eigenvalue weighted by atomic mass is 10.1. The third-order valence-electron chi connectivity index (χ3n) is 3.84. The van der Waals surface area contributed by atoms with Crippen molar-refractivity contribution in [2.24, 2.45) is 0 Å². The second-order valence-electron chi connectivity index (χ2n) is 5.62. The highest BCUT2D eigenvalue weighted by atomic mass is 16.5. The smallest absolute Gasteiger partial charge is 0.257 e. The van der Waals surface area contributed by atoms with Crippen LogP contribution in [0.15, 0.2) is 42.5 Å². The summed E-state index contributed by atoms with van der Waals surface area (Å²) in [7, 11) is 3.14. The molecule has 0 aliphatic heterocycles. The minimum atomic E-state index is -0.266. The van der Waals surface area contributed by atoms with E-state index in [0.717, 1.165) is 11.3 Å². The van der Waals surface area contributed by atoms with Crippen molar-refractivity contribution in [3.8, 4) is 17.2 Å². The topological polar surface area (TPSA) is 73.9 Å². The zero-order valence-corrected chi connectivity index (χ0v) is 15.2. The van der Waals surface area contributed by atoms with Gasteiger partial charge in [-0.1, -0.05) is 18.2 Å². The maximum absolute atomic E-state index is 12.0. The monoisotopic (exact) mass is 357 g/mol. The van der Waals surface area contributed by atoms with E-state index in [1.807, 2.05) is 24.3 Å². The first-order chi connectivity index (χ1) is 12.5. The molecule has 0 saturated carbocycles. The lowest BCUT2D eigenvalue weighted by Gasteiger charge is -2.12. The van der Waals surface area contributed by atoms with Gasteiger partial charge in [-0.25, -0.2) is 0 Å². The first-order valence-electron chi connectivity index (χ1n) is 8.25. The molecule has 6 heteroatoms. The quantitative estimate of drug-likeness (QED) is 0.699. The van der Waals surface area contributed by atoms with Crippen molar-refractivity contribution in [2.75, 3.05) is 27.4 Å². The molecule has 1 N–H and O–H groups in total. The predicted molar refractivity (Wildman–Crippen MR) is 98.2 cm³/mol. The molecule has 0 heterocycles. The second kappa shape index (κ2) is 9.46. The van der Waals surface area contributed by atoms with Gasteiger partial charge in [0.05, 0.1) is 19.8 Å². The van der Waals surface area contributed by atoms with Gasteiger partial charge in [0, 0.05) is 12.6 Å². The Hall–Kier alpha value is -3.02. The summed E-state index contributed by atoms with van der Waals surface area (Å²) in [6, 6.07) is 12.6. The number of ether oxygens (including phenoxy) is 3. The van der Waals surface area contributed by atoms with Gasteiger partial charge in [0.1, 0.15) is 17.2 Å². The number of hydrogen-bond donors (Lipinski definition) is 1. The molecule has 0 radical (unpaired) electrons. The SMILES string of the molecule is COc1ccc(C(C)=O)c(OCC(=O)NCCc2ccccc2OC)c1. The first-order valence-corrected chi connectivity index (χ1v) is 8.25. The van der Waals surface area contributed by atoms with Crippen LogP contribution >= 0.6 is 0 Å². The van der Waals surface area contributed by atoms with Crippen molar-refractivity contribution >= 4 is 11.7 Å². The molecular formula is C20H23NO5. The Morgan fingerprint density at radius 3 is 2.46 bits per heavy atom. The third kappa shape index (κ3) is 5.24. The van der Waals surface area contributed by atoms with Gasteiger partial charge in [-0.15, -0.1) is 0 Å². The van der Waals surface area contributed by atoms with E-state index in [9.17, 15) is 9.59 Å². The number of methoxy groups -OCH3 is 2. The lowest BCUT2D eigenvalue weighted by molar-refractivity contribution is -0.123. The summed E-state index contributed by atoms with van der Waals surface area (Å²) < 4.78 is 15.9. The Morgan fingerprint density at radius 2 is 1.77 bits per heavy atom. The zero-order chi connectivity index (χ0) is 18.9. The second-order valence-corrected chi connectivity index (χ2v) is 5.62. The van der Waals surface area contributed by atoms with Gasteiger partial charge in [-0.05, 0) is 37.1 Å². The van der Waals surface area contributed by atoms with Crippen molar-refractivity contribution in [3.63, 3.8) is 0 Å². The minimum Gasteiger partial charge on any atom is -0.497 e. The van der Waals surface area contributed by atoms with E-state index in [1.54, 1.807) is 25.3 Å². The molecule has 1 amide bonds. The number of ketones is 1. The van der Waals surface area contributed by atoms with E-state index in [4.69, 9.17) is 14.2 Å². The number of nitrogens with one attached hydrogen (secondary N) is 1.